The molecule has 10 heteroatoms. The number of hydrogen-bond donors (Lipinski definition) is 4. The Balaban J connectivity index is 1.72. The fourth-order valence-electron chi connectivity index (χ4n) is 4.59. The van der Waals surface area contributed by atoms with Gasteiger partial charge in [-0.15, -0.1) is 0 Å². The number of amides is 1. The average Bonchev–Trinajstić information content (AvgIpc) is 3.49. The molecule has 212 valence electrons. The zero-order valence-electron chi connectivity index (χ0n) is 23.5. The summed E-state index contributed by atoms with van der Waals surface area (Å²) in [5, 5.41) is 37.0. The van der Waals surface area contributed by atoms with Crippen LogP contribution in [-0.4, -0.2) is 57.3 Å². The lowest BCUT2D eigenvalue weighted by atomic mass is 9.85. The Morgan fingerprint density at radius 1 is 0.927 bits per heavy atom. The number of anilines is 2. The number of fused-ring (bicyclic) bond motifs is 1. The van der Waals surface area contributed by atoms with Crippen LogP contribution in [0.4, 0.5) is 17.1 Å². The molecule has 0 unspecified atom stereocenters. The van der Waals surface area contributed by atoms with Crippen molar-refractivity contribution < 1.29 is 29.6 Å². The number of nitrogens with zero attached hydrogens (tertiary/aromatic N) is 3. The van der Waals surface area contributed by atoms with Gasteiger partial charge < -0.3 is 35.0 Å². The van der Waals surface area contributed by atoms with E-state index in [1.54, 1.807) is 56.6 Å². The van der Waals surface area contributed by atoms with Crippen LogP contribution in [0.2, 0.25) is 0 Å². The van der Waals surface area contributed by atoms with Crippen LogP contribution in [0.1, 0.15) is 36.7 Å². The smallest absolute Gasteiger partial charge is 0.257 e. The molecule has 0 aliphatic carbocycles. The number of aliphatic imine (C=N–C) groups is 1. The SMILES string of the molecule is CN(C)C(=O)c1cccc(Nc2c(N=C(c3ccc4c(c3)OCO4)C(C)(C)C)c(O)n(-c3ccccc3)c2O)c1O. The summed E-state index contributed by atoms with van der Waals surface area (Å²) in [4.78, 5) is 18.9. The molecule has 0 saturated carbocycles. The van der Waals surface area contributed by atoms with Crippen LogP contribution in [0, 0.1) is 5.41 Å². The number of phenols is 1. The van der Waals surface area contributed by atoms with Gasteiger partial charge in [0.1, 0.15) is 5.69 Å². The monoisotopic (exact) mass is 556 g/mol. The first-order chi connectivity index (χ1) is 19.5. The van der Waals surface area contributed by atoms with E-state index in [0.717, 1.165) is 5.56 Å². The normalized spacial score (nSPS) is 12.9. The number of rotatable bonds is 6. The maximum atomic E-state index is 12.6. The molecule has 41 heavy (non-hydrogen) atoms. The highest BCUT2D eigenvalue weighted by Crippen LogP contribution is 2.50. The van der Waals surface area contributed by atoms with E-state index in [-0.39, 0.29) is 46.9 Å². The minimum absolute atomic E-state index is 0.0395. The van der Waals surface area contributed by atoms with Gasteiger partial charge in [0.25, 0.3) is 5.91 Å². The molecule has 0 saturated heterocycles. The first-order valence-electron chi connectivity index (χ1n) is 13.0. The van der Waals surface area contributed by atoms with Gasteiger partial charge in [-0.05, 0) is 42.5 Å². The molecule has 0 bridgehead atoms. The summed E-state index contributed by atoms with van der Waals surface area (Å²) >= 11 is 0. The Morgan fingerprint density at radius 3 is 2.32 bits per heavy atom. The molecule has 4 aromatic rings. The van der Waals surface area contributed by atoms with Crippen LogP contribution in [0.3, 0.4) is 0 Å². The second-order valence-electron chi connectivity index (χ2n) is 10.8. The lowest BCUT2D eigenvalue weighted by Crippen LogP contribution is -2.21. The van der Waals surface area contributed by atoms with Gasteiger partial charge in [0.2, 0.25) is 18.6 Å². The molecule has 4 N–H and O–H groups in total. The molecule has 3 aromatic carbocycles. The molecule has 1 aliphatic heterocycles. The van der Waals surface area contributed by atoms with E-state index in [1.807, 2.05) is 39.0 Å². The molecular weight excluding hydrogens is 524 g/mol. The highest BCUT2D eigenvalue weighted by molar-refractivity contribution is 6.07. The summed E-state index contributed by atoms with van der Waals surface area (Å²) in [6, 6.07) is 19.0. The Labute approximate surface area is 237 Å². The van der Waals surface area contributed by atoms with E-state index in [2.05, 4.69) is 5.32 Å². The number of carbonyl (C=O) groups excluding carboxylic acids is 1. The molecule has 1 aliphatic rings. The minimum Gasteiger partial charge on any atom is -0.505 e. The van der Waals surface area contributed by atoms with E-state index < -0.39 is 11.3 Å². The summed E-state index contributed by atoms with van der Waals surface area (Å²) in [5.41, 5.74) is 1.62. The van der Waals surface area contributed by atoms with Crippen LogP contribution in [0.5, 0.6) is 29.0 Å². The van der Waals surface area contributed by atoms with Crippen molar-refractivity contribution in [2.75, 3.05) is 26.2 Å². The molecule has 0 radical (unpaired) electrons. The Morgan fingerprint density at radius 2 is 1.63 bits per heavy atom. The fraction of sp³-hybridized carbons (Fsp3) is 0.226. The van der Waals surface area contributed by atoms with Crippen LogP contribution in [0.15, 0.2) is 71.7 Å². The third-order valence-corrected chi connectivity index (χ3v) is 6.62. The van der Waals surface area contributed by atoms with E-state index in [4.69, 9.17) is 14.5 Å². The molecule has 10 nitrogen and oxygen atoms in total. The van der Waals surface area contributed by atoms with Crippen molar-refractivity contribution in [2.24, 2.45) is 10.4 Å². The lowest BCUT2D eigenvalue weighted by molar-refractivity contribution is 0.0824. The maximum absolute atomic E-state index is 12.6. The zero-order valence-corrected chi connectivity index (χ0v) is 23.5. The zero-order chi connectivity index (χ0) is 29.5. The van der Waals surface area contributed by atoms with E-state index in [9.17, 15) is 20.1 Å². The topological polar surface area (TPSA) is 129 Å². The highest BCUT2D eigenvalue weighted by Gasteiger charge is 2.29. The Kier molecular flexibility index (Phi) is 7.00. The molecule has 0 atom stereocenters. The van der Waals surface area contributed by atoms with Crippen molar-refractivity contribution in [3.63, 3.8) is 0 Å². The quantitative estimate of drug-likeness (QED) is 0.171. The highest BCUT2D eigenvalue weighted by atomic mass is 16.7. The van der Waals surface area contributed by atoms with Gasteiger partial charge in [0.05, 0.1) is 22.6 Å². The van der Waals surface area contributed by atoms with Gasteiger partial charge in [-0.3, -0.25) is 4.79 Å². The van der Waals surface area contributed by atoms with Crippen LogP contribution in [0.25, 0.3) is 5.69 Å². The molecule has 2 heterocycles. The number of aromatic hydroxyl groups is 3. The molecular formula is C31H32N4O6. The van der Waals surface area contributed by atoms with E-state index in [0.29, 0.717) is 22.9 Å². The van der Waals surface area contributed by atoms with Crippen LogP contribution >= 0.6 is 0 Å². The van der Waals surface area contributed by atoms with Crippen molar-refractivity contribution in [1.82, 2.24) is 9.47 Å². The second-order valence-corrected chi connectivity index (χ2v) is 10.8. The van der Waals surface area contributed by atoms with Gasteiger partial charge >= 0.3 is 0 Å². The summed E-state index contributed by atoms with van der Waals surface area (Å²) in [6.45, 7) is 6.08. The minimum atomic E-state index is -0.512. The fourth-order valence-corrected chi connectivity index (χ4v) is 4.59. The number of ether oxygens (including phenoxy) is 2. The van der Waals surface area contributed by atoms with Gasteiger partial charge in [-0.2, -0.15) is 0 Å². The third kappa shape index (κ3) is 5.11. The first kappa shape index (κ1) is 27.4. The van der Waals surface area contributed by atoms with Crippen molar-refractivity contribution in [3.8, 4) is 34.7 Å². The largest absolute Gasteiger partial charge is 0.505 e. The molecule has 1 aromatic heterocycles. The van der Waals surface area contributed by atoms with Gasteiger partial charge in [0.15, 0.2) is 22.9 Å². The Bertz CT molecular complexity index is 1650. The van der Waals surface area contributed by atoms with Crippen molar-refractivity contribution >= 4 is 28.7 Å². The number of para-hydroxylation sites is 2. The van der Waals surface area contributed by atoms with Crippen molar-refractivity contribution in [1.29, 1.82) is 0 Å². The summed E-state index contributed by atoms with van der Waals surface area (Å²) in [5.74, 6) is -0.147. The molecule has 0 spiro atoms. The number of hydrogen-bond acceptors (Lipinski definition) is 8. The number of aromatic nitrogens is 1. The summed E-state index contributed by atoms with van der Waals surface area (Å²) in [6.07, 6.45) is 0. The number of carbonyl (C=O) groups is 1. The molecule has 0 fully saturated rings. The summed E-state index contributed by atoms with van der Waals surface area (Å²) < 4.78 is 12.3. The predicted octanol–water partition coefficient (Wildman–Crippen LogP) is 5.94. The second kappa shape index (κ2) is 10.5. The van der Waals surface area contributed by atoms with Gasteiger partial charge in [-0.1, -0.05) is 45.0 Å². The van der Waals surface area contributed by atoms with Gasteiger partial charge in [0, 0.05) is 25.1 Å². The van der Waals surface area contributed by atoms with Crippen LogP contribution in [-0.2, 0) is 0 Å². The van der Waals surface area contributed by atoms with Crippen molar-refractivity contribution in [3.05, 3.63) is 77.9 Å². The first-order valence-corrected chi connectivity index (χ1v) is 13.0. The number of nitrogens with one attached hydrogen (secondary N) is 1. The predicted molar refractivity (Wildman–Crippen MR) is 157 cm³/mol. The number of benzene rings is 3. The van der Waals surface area contributed by atoms with Gasteiger partial charge in [-0.25, -0.2) is 9.56 Å². The standard InChI is InChI=1S/C31H32N4O6/c1-31(2,3)27(18-14-15-22-23(16-18)41-17-40-22)33-25-24(29(38)35(30(25)39)19-10-7-6-8-11-19)32-21-13-9-12-20(26(21)36)28(37)34(4)5/h6-16,32,36,38-39H,17H2,1-5H3. The number of phenolic OH excluding ortho intramolecular Hbond substituents is 1. The van der Waals surface area contributed by atoms with E-state index in [1.165, 1.54) is 15.5 Å². The maximum Gasteiger partial charge on any atom is 0.257 e. The summed E-state index contributed by atoms with van der Waals surface area (Å²) in [7, 11) is 3.17. The Hall–Kier alpha value is -5.12. The van der Waals surface area contributed by atoms with Crippen molar-refractivity contribution in [2.45, 2.75) is 20.8 Å². The average molecular weight is 557 g/mol. The molecule has 5 rings (SSSR count). The third-order valence-electron chi connectivity index (χ3n) is 6.62. The lowest BCUT2D eigenvalue weighted by Gasteiger charge is -2.22. The van der Waals surface area contributed by atoms with Crippen LogP contribution < -0.4 is 14.8 Å². The van der Waals surface area contributed by atoms with E-state index >= 15 is 0 Å². The molecule has 1 amide bonds.